The molecule has 1 N–H and O–H groups in total. The summed E-state index contributed by atoms with van der Waals surface area (Å²) >= 11 is 3.40. The molecule has 0 radical (unpaired) electrons. The molecular formula is C27H31BrN2O4. The molecule has 2 fully saturated rings. The highest BCUT2D eigenvalue weighted by Crippen LogP contribution is 2.40. The van der Waals surface area contributed by atoms with Crippen LogP contribution in [-0.2, 0) is 19.7 Å². The van der Waals surface area contributed by atoms with Gasteiger partial charge in [-0.2, -0.15) is 0 Å². The van der Waals surface area contributed by atoms with E-state index in [2.05, 4.69) is 41.6 Å². The predicted octanol–water partition coefficient (Wildman–Crippen LogP) is 4.50. The number of rotatable bonds is 5. The average molecular weight is 527 g/mol. The van der Waals surface area contributed by atoms with Crippen molar-refractivity contribution >= 4 is 33.4 Å². The number of hydrogen-bond donors (Lipinski definition) is 1. The molecule has 0 spiro atoms. The first-order chi connectivity index (χ1) is 16.2. The van der Waals surface area contributed by atoms with Crippen LogP contribution in [0.4, 0.5) is 0 Å². The smallest absolute Gasteiger partial charge is 0.295 e. The van der Waals surface area contributed by atoms with E-state index in [1.165, 1.54) is 0 Å². The maximum Gasteiger partial charge on any atom is 0.295 e. The molecule has 2 saturated heterocycles. The molecule has 4 rings (SSSR count). The summed E-state index contributed by atoms with van der Waals surface area (Å²) < 4.78 is 6.29. The zero-order valence-corrected chi connectivity index (χ0v) is 21.5. The molecule has 0 unspecified atom stereocenters. The second-order valence-corrected chi connectivity index (χ2v) is 10.7. The number of amides is 1. The van der Waals surface area contributed by atoms with Gasteiger partial charge in [-0.25, -0.2) is 0 Å². The summed E-state index contributed by atoms with van der Waals surface area (Å²) in [6.45, 7) is 10.4. The van der Waals surface area contributed by atoms with Gasteiger partial charge in [-0.1, -0.05) is 73.1 Å². The highest BCUT2D eigenvalue weighted by Gasteiger charge is 2.46. The summed E-state index contributed by atoms with van der Waals surface area (Å²) in [5.74, 6) is -1.37. The lowest BCUT2D eigenvalue weighted by Gasteiger charge is -2.31. The average Bonchev–Trinajstić information content (AvgIpc) is 3.08. The van der Waals surface area contributed by atoms with Gasteiger partial charge in [-0.05, 0) is 28.7 Å². The molecule has 2 aliphatic heterocycles. The van der Waals surface area contributed by atoms with Crippen molar-refractivity contribution in [2.24, 2.45) is 0 Å². The Balaban J connectivity index is 1.74. The third-order valence-corrected chi connectivity index (χ3v) is 7.04. The van der Waals surface area contributed by atoms with Gasteiger partial charge < -0.3 is 14.7 Å². The molecule has 1 atom stereocenters. The molecule has 2 aromatic rings. The highest BCUT2D eigenvalue weighted by atomic mass is 79.9. The van der Waals surface area contributed by atoms with E-state index in [0.717, 1.165) is 28.7 Å². The molecule has 2 aromatic carbocycles. The van der Waals surface area contributed by atoms with Gasteiger partial charge in [0.25, 0.3) is 11.7 Å². The van der Waals surface area contributed by atoms with Crippen molar-refractivity contribution < 1.29 is 19.4 Å². The Morgan fingerprint density at radius 3 is 2.21 bits per heavy atom. The van der Waals surface area contributed by atoms with Gasteiger partial charge >= 0.3 is 0 Å². The number of aliphatic hydroxyl groups excluding tert-OH is 1. The quantitative estimate of drug-likeness (QED) is 0.352. The van der Waals surface area contributed by atoms with Gasteiger partial charge in [0.05, 0.1) is 24.8 Å². The van der Waals surface area contributed by atoms with E-state index in [9.17, 15) is 14.7 Å². The van der Waals surface area contributed by atoms with Crippen molar-refractivity contribution in [2.75, 3.05) is 39.4 Å². The third kappa shape index (κ3) is 5.11. The van der Waals surface area contributed by atoms with Crippen LogP contribution in [0.15, 0.2) is 58.6 Å². The number of carbonyl (C=O) groups excluding carboxylic acids is 2. The summed E-state index contributed by atoms with van der Waals surface area (Å²) in [7, 11) is 0. The summed E-state index contributed by atoms with van der Waals surface area (Å²) in [5, 5.41) is 11.2. The standard InChI is InChI=1S/C27H31BrN2O4/c1-27(2,3)20-8-4-18(5-9-20)23-22(24(31)19-6-10-21(28)11-7-19)25(32)26(33)30(23)13-12-29-14-16-34-17-15-29/h4-11,23,31H,12-17H2,1-3H3/t23-/m1/s1. The Hall–Kier alpha value is -2.48. The van der Waals surface area contributed by atoms with Crippen molar-refractivity contribution in [3.63, 3.8) is 0 Å². The molecule has 0 saturated carbocycles. The fourth-order valence-corrected chi connectivity index (χ4v) is 4.72. The fraction of sp³-hybridized carbons (Fsp3) is 0.407. The number of halogens is 1. The lowest BCUT2D eigenvalue weighted by atomic mass is 9.85. The van der Waals surface area contributed by atoms with Gasteiger partial charge in [0.1, 0.15) is 5.76 Å². The zero-order valence-electron chi connectivity index (χ0n) is 19.9. The monoisotopic (exact) mass is 526 g/mol. The minimum atomic E-state index is -0.646. The molecule has 2 aliphatic rings. The number of benzene rings is 2. The Bertz CT molecular complexity index is 1080. The molecule has 180 valence electrons. The van der Waals surface area contributed by atoms with Crippen molar-refractivity contribution in [3.05, 3.63) is 75.3 Å². The van der Waals surface area contributed by atoms with E-state index in [-0.39, 0.29) is 16.7 Å². The van der Waals surface area contributed by atoms with Gasteiger partial charge in [-0.15, -0.1) is 0 Å². The van der Waals surface area contributed by atoms with Crippen molar-refractivity contribution in [2.45, 2.75) is 32.2 Å². The molecule has 34 heavy (non-hydrogen) atoms. The van der Waals surface area contributed by atoms with Crippen molar-refractivity contribution in [3.8, 4) is 0 Å². The summed E-state index contributed by atoms with van der Waals surface area (Å²) in [5.41, 5.74) is 2.60. The number of aliphatic hydroxyl groups is 1. The Labute approximate surface area is 209 Å². The van der Waals surface area contributed by atoms with Gasteiger partial charge in [0.15, 0.2) is 0 Å². The summed E-state index contributed by atoms with van der Waals surface area (Å²) in [4.78, 5) is 30.2. The number of ketones is 1. The Kier molecular flexibility index (Phi) is 7.26. The van der Waals surface area contributed by atoms with E-state index in [1.54, 1.807) is 29.2 Å². The van der Waals surface area contributed by atoms with E-state index >= 15 is 0 Å². The highest BCUT2D eigenvalue weighted by molar-refractivity contribution is 9.10. The van der Waals surface area contributed by atoms with Crippen LogP contribution in [0, 0.1) is 0 Å². The number of carbonyl (C=O) groups is 2. The first kappa shape index (κ1) is 24.6. The molecule has 7 heteroatoms. The van der Waals surface area contributed by atoms with Crippen LogP contribution in [0.1, 0.15) is 43.5 Å². The fourth-order valence-electron chi connectivity index (χ4n) is 4.46. The molecular weight excluding hydrogens is 496 g/mol. The van der Waals surface area contributed by atoms with Crippen molar-refractivity contribution in [1.29, 1.82) is 0 Å². The normalized spacial score (nSPS) is 21.3. The maximum absolute atomic E-state index is 13.2. The lowest BCUT2D eigenvalue weighted by molar-refractivity contribution is -0.140. The predicted molar refractivity (Wildman–Crippen MR) is 136 cm³/mol. The van der Waals surface area contributed by atoms with Gasteiger partial charge in [-0.3, -0.25) is 14.5 Å². The SMILES string of the molecule is CC(C)(C)c1ccc([C@@H]2C(=C(O)c3ccc(Br)cc3)C(=O)C(=O)N2CCN2CCOCC2)cc1. The summed E-state index contributed by atoms with van der Waals surface area (Å²) in [6, 6.07) is 14.4. The second-order valence-electron chi connectivity index (χ2n) is 9.83. The first-order valence-corrected chi connectivity index (χ1v) is 12.4. The number of hydrogen-bond acceptors (Lipinski definition) is 5. The summed E-state index contributed by atoms with van der Waals surface area (Å²) in [6.07, 6.45) is 0. The largest absolute Gasteiger partial charge is 0.507 e. The molecule has 2 heterocycles. The van der Waals surface area contributed by atoms with Crippen LogP contribution in [0.25, 0.3) is 5.76 Å². The molecule has 0 aromatic heterocycles. The topological polar surface area (TPSA) is 70.1 Å². The first-order valence-electron chi connectivity index (χ1n) is 11.6. The lowest BCUT2D eigenvalue weighted by Crippen LogP contribution is -2.42. The van der Waals surface area contributed by atoms with Crippen LogP contribution < -0.4 is 0 Å². The minimum absolute atomic E-state index is 0.0197. The van der Waals surface area contributed by atoms with E-state index < -0.39 is 17.7 Å². The molecule has 1 amide bonds. The van der Waals surface area contributed by atoms with E-state index in [1.807, 2.05) is 24.3 Å². The third-order valence-electron chi connectivity index (χ3n) is 6.51. The zero-order chi connectivity index (χ0) is 24.5. The van der Waals surface area contributed by atoms with Crippen LogP contribution in [-0.4, -0.2) is 66.0 Å². The molecule has 0 bridgehead atoms. The van der Waals surface area contributed by atoms with Crippen LogP contribution in [0.3, 0.4) is 0 Å². The van der Waals surface area contributed by atoms with Gasteiger partial charge in [0.2, 0.25) is 0 Å². The molecule has 0 aliphatic carbocycles. The number of Topliss-reactive ketones (excluding diaryl/α,β-unsaturated/α-hetero) is 1. The van der Waals surface area contributed by atoms with E-state index in [4.69, 9.17) is 4.74 Å². The van der Waals surface area contributed by atoms with Gasteiger partial charge in [0, 0.05) is 36.2 Å². The van der Waals surface area contributed by atoms with Crippen LogP contribution in [0.5, 0.6) is 0 Å². The maximum atomic E-state index is 13.2. The molecule has 6 nitrogen and oxygen atoms in total. The second kappa shape index (κ2) is 10.0. The van der Waals surface area contributed by atoms with Crippen molar-refractivity contribution in [1.82, 2.24) is 9.80 Å². The number of morpholine rings is 1. The van der Waals surface area contributed by atoms with E-state index in [0.29, 0.717) is 31.9 Å². The number of nitrogens with zero attached hydrogens (tertiary/aromatic N) is 2. The Morgan fingerprint density at radius 1 is 1.00 bits per heavy atom. The Morgan fingerprint density at radius 2 is 1.62 bits per heavy atom. The number of likely N-dealkylation sites (tertiary alicyclic amines) is 1. The number of ether oxygens (including phenoxy) is 1. The minimum Gasteiger partial charge on any atom is -0.507 e. The van der Waals surface area contributed by atoms with Crippen LogP contribution in [0.2, 0.25) is 0 Å². The van der Waals surface area contributed by atoms with Crippen LogP contribution >= 0.6 is 15.9 Å².